The number of carbonyl (C=O) groups excluding carboxylic acids is 1. The summed E-state index contributed by atoms with van der Waals surface area (Å²) in [5.41, 5.74) is 5.80. The topological polar surface area (TPSA) is 106 Å². The quantitative estimate of drug-likeness (QED) is 0.786. The van der Waals surface area contributed by atoms with Crippen LogP contribution in [-0.4, -0.2) is 45.3 Å². The van der Waals surface area contributed by atoms with E-state index in [9.17, 15) is 13.2 Å². The van der Waals surface area contributed by atoms with E-state index in [4.69, 9.17) is 10.2 Å². The molecule has 1 amide bonds. The van der Waals surface area contributed by atoms with Gasteiger partial charge < -0.3 is 15.5 Å². The Labute approximate surface area is 119 Å². The van der Waals surface area contributed by atoms with Gasteiger partial charge >= 0.3 is 0 Å². The first-order chi connectivity index (χ1) is 9.16. The van der Waals surface area contributed by atoms with Crippen LogP contribution < -0.4 is 11.1 Å². The summed E-state index contributed by atoms with van der Waals surface area (Å²) in [6.07, 6.45) is 0.644. The Morgan fingerprint density at radius 1 is 1.50 bits per heavy atom. The van der Waals surface area contributed by atoms with Crippen molar-refractivity contribution in [3.05, 3.63) is 17.4 Å². The average Bonchev–Trinajstić information content (AvgIpc) is 2.71. The molecular formula is C12H21N3O4S. The summed E-state index contributed by atoms with van der Waals surface area (Å²) in [6.45, 7) is 3.82. The van der Waals surface area contributed by atoms with Crippen molar-refractivity contribution >= 4 is 15.9 Å². The van der Waals surface area contributed by atoms with Crippen LogP contribution in [0.4, 0.5) is 0 Å². The molecule has 20 heavy (non-hydrogen) atoms. The molecule has 1 aromatic rings. The number of furan rings is 1. The van der Waals surface area contributed by atoms with Crippen LogP contribution in [0, 0.1) is 6.92 Å². The summed E-state index contributed by atoms with van der Waals surface area (Å²) in [4.78, 5) is 11.9. The summed E-state index contributed by atoms with van der Waals surface area (Å²) >= 11 is 0. The molecule has 0 saturated heterocycles. The maximum Gasteiger partial charge on any atom is 0.275 e. The summed E-state index contributed by atoms with van der Waals surface area (Å²) in [6, 6.07) is 1.23. The second-order valence-corrected chi connectivity index (χ2v) is 6.93. The van der Waals surface area contributed by atoms with Crippen LogP contribution in [0.3, 0.4) is 0 Å². The van der Waals surface area contributed by atoms with Gasteiger partial charge in [-0.25, -0.2) is 12.7 Å². The molecule has 0 saturated carbocycles. The number of hydrogen-bond acceptors (Lipinski definition) is 5. The zero-order valence-electron chi connectivity index (χ0n) is 12.1. The fraction of sp³-hybridized carbons (Fsp3) is 0.583. The molecule has 0 fully saturated rings. The molecule has 7 nitrogen and oxygen atoms in total. The molecule has 0 aliphatic carbocycles. The third-order valence-corrected chi connectivity index (χ3v) is 4.43. The highest BCUT2D eigenvalue weighted by molar-refractivity contribution is 7.88. The van der Waals surface area contributed by atoms with Crippen molar-refractivity contribution in [1.82, 2.24) is 9.62 Å². The smallest absolute Gasteiger partial charge is 0.275 e. The molecule has 1 atom stereocenters. The molecule has 3 N–H and O–H groups in total. The molecule has 1 heterocycles. The number of nitrogens with one attached hydrogen (secondary N) is 1. The maximum atomic E-state index is 11.9. The van der Waals surface area contributed by atoms with Gasteiger partial charge in [0.15, 0.2) is 0 Å². The summed E-state index contributed by atoms with van der Waals surface area (Å²) in [5, 5.41) is 2.44. The average molecular weight is 303 g/mol. The van der Waals surface area contributed by atoms with Gasteiger partial charge in [-0.2, -0.15) is 0 Å². The van der Waals surface area contributed by atoms with E-state index in [2.05, 4.69) is 5.32 Å². The minimum atomic E-state index is -3.68. The lowest BCUT2D eigenvalue weighted by Gasteiger charge is -2.07. The van der Waals surface area contributed by atoms with Crippen molar-refractivity contribution < 1.29 is 17.6 Å². The third kappa shape index (κ3) is 3.81. The Balaban J connectivity index is 2.88. The summed E-state index contributed by atoms with van der Waals surface area (Å²) < 4.78 is 30.0. The molecule has 114 valence electrons. The highest BCUT2D eigenvalue weighted by atomic mass is 32.2. The first-order valence-electron chi connectivity index (χ1n) is 6.23. The minimum absolute atomic E-state index is 0.00886. The molecular weight excluding hydrogens is 282 g/mol. The standard InChI is InChI=1S/C12H21N3O4S/c1-8(13)5-6-14-12(16)10-7-11(19-9(10)2)20(17,18)15(3)4/h7-8H,5-6,13H2,1-4H3,(H,14,16). The van der Waals surface area contributed by atoms with E-state index in [1.54, 1.807) is 6.92 Å². The zero-order valence-corrected chi connectivity index (χ0v) is 13.0. The lowest BCUT2D eigenvalue weighted by molar-refractivity contribution is 0.0951. The molecule has 0 bridgehead atoms. The molecule has 0 aromatic carbocycles. The number of nitrogens with two attached hydrogens (primary N) is 1. The van der Waals surface area contributed by atoms with E-state index in [0.717, 1.165) is 4.31 Å². The van der Waals surface area contributed by atoms with Crippen molar-refractivity contribution in [1.29, 1.82) is 0 Å². The second-order valence-electron chi connectivity index (χ2n) is 4.84. The normalized spacial score (nSPS) is 13.5. The van der Waals surface area contributed by atoms with Crippen molar-refractivity contribution in [2.24, 2.45) is 5.73 Å². The van der Waals surface area contributed by atoms with Crippen molar-refractivity contribution in [3.8, 4) is 0 Å². The van der Waals surface area contributed by atoms with Gasteiger partial charge in [-0.3, -0.25) is 4.79 Å². The first kappa shape index (κ1) is 16.7. The van der Waals surface area contributed by atoms with E-state index >= 15 is 0 Å². The first-order valence-corrected chi connectivity index (χ1v) is 7.67. The summed E-state index contributed by atoms with van der Waals surface area (Å²) in [7, 11) is -0.883. The SMILES string of the molecule is Cc1oc(S(=O)(=O)N(C)C)cc1C(=O)NCCC(C)N. The second kappa shape index (κ2) is 6.38. The lowest BCUT2D eigenvalue weighted by atomic mass is 10.2. The van der Waals surface area contributed by atoms with Crippen LogP contribution >= 0.6 is 0 Å². The number of rotatable bonds is 6. The Hall–Kier alpha value is -1.38. The van der Waals surface area contributed by atoms with Gasteiger partial charge in [0.05, 0.1) is 5.56 Å². The van der Waals surface area contributed by atoms with Crippen LogP contribution in [0.1, 0.15) is 29.5 Å². The fourth-order valence-corrected chi connectivity index (χ4v) is 2.35. The Morgan fingerprint density at radius 2 is 2.10 bits per heavy atom. The van der Waals surface area contributed by atoms with Gasteiger partial charge in [0.1, 0.15) is 5.76 Å². The molecule has 8 heteroatoms. The van der Waals surface area contributed by atoms with E-state index in [1.165, 1.54) is 20.2 Å². The predicted octanol–water partition coefficient (Wildman–Crippen LogP) is 0.305. The highest BCUT2D eigenvalue weighted by Crippen LogP contribution is 2.21. The van der Waals surface area contributed by atoms with E-state index < -0.39 is 10.0 Å². The molecule has 1 aromatic heterocycles. The zero-order chi connectivity index (χ0) is 15.5. The van der Waals surface area contributed by atoms with Crippen molar-refractivity contribution in [2.75, 3.05) is 20.6 Å². The summed E-state index contributed by atoms with van der Waals surface area (Å²) in [5.74, 6) is -0.101. The van der Waals surface area contributed by atoms with Crippen LogP contribution in [0.2, 0.25) is 0 Å². The van der Waals surface area contributed by atoms with Crippen LogP contribution in [0.15, 0.2) is 15.6 Å². The van der Waals surface area contributed by atoms with Crippen molar-refractivity contribution in [2.45, 2.75) is 31.4 Å². The maximum absolute atomic E-state index is 11.9. The molecule has 0 aliphatic heterocycles. The third-order valence-electron chi connectivity index (χ3n) is 2.76. The van der Waals surface area contributed by atoms with Crippen LogP contribution in [-0.2, 0) is 10.0 Å². The number of aryl methyl sites for hydroxylation is 1. The van der Waals surface area contributed by atoms with Gasteiger partial charge in [-0.05, 0) is 20.3 Å². The molecule has 1 unspecified atom stereocenters. The van der Waals surface area contributed by atoms with Gasteiger partial charge in [-0.15, -0.1) is 0 Å². The van der Waals surface area contributed by atoms with Crippen LogP contribution in [0.5, 0.6) is 0 Å². The number of carbonyl (C=O) groups is 1. The Kier molecular flexibility index (Phi) is 5.32. The van der Waals surface area contributed by atoms with E-state index in [1.807, 2.05) is 6.92 Å². The van der Waals surface area contributed by atoms with Gasteiger partial charge in [0.2, 0.25) is 5.09 Å². The predicted molar refractivity (Wildman–Crippen MR) is 74.9 cm³/mol. The molecule has 1 rings (SSSR count). The molecule has 0 aliphatic rings. The Bertz CT molecular complexity index is 576. The Morgan fingerprint density at radius 3 is 2.60 bits per heavy atom. The fourth-order valence-electron chi connectivity index (χ4n) is 1.50. The van der Waals surface area contributed by atoms with Gasteiger partial charge in [0, 0.05) is 32.7 Å². The van der Waals surface area contributed by atoms with Crippen molar-refractivity contribution in [3.63, 3.8) is 0 Å². The number of nitrogens with zero attached hydrogens (tertiary/aromatic N) is 1. The number of sulfonamides is 1. The monoisotopic (exact) mass is 303 g/mol. The number of amides is 1. The molecule has 0 spiro atoms. The largest absolute Gasteiger partial charge is 0.448 e. The van der Waals surface area contributed by atoms with Gasteiger partial charge in [0.25, 0.3) is 15.9 Å². The number of hydrogen-bond donors (Lipinski definition) is 2. The van der Waals surface area contributed by atoms with E-state index in [0.29, 0.717) is 13.0 Å². The van der Waals surface area contributed by atoms with Crippen LogP contribution in [0.25, 0.3) is 0 Å². The molecule has 0 radical (unpaired) electrons. The minimum Gasteiger partial charge on any atom is -0.448 e. The van der Waals surface area contributed by atoms with E-state index in [-0.39, 0.29) is 28.4 Å². The van der Waals surface area contributed by atoms with Gasteiger partial charge in [-0.1, -0.05) is 0 Å². The highest BCUT2D eigenvalue weighted by Gasteiger charge is 2.25. The lowest BCUT2D eigenvalue weighted by Crippen LogP contribution is -2.29.